The van der Waals surface area contributed by atoms with Gasteiger partial charge < -0.3 is 43.8 Å². The number of fused-ring (bicyclic) bond motifs is 2. The molecule has 2 unspecified atom stereocenters. The van der Waals surface area contributed by atoms with Gasteiger partial charge in [0.1, 0.15) is 31.8 Å². The zero-order valence-electron chi connectivity index (χ0n) is 34.1. The number of amides is 1. The van der Waals surface area contributed by atoms with Crippen LogP contribution in [0.1, 0.15) is 73.3 Å². The summed E-state index contributed by atoms with van der Waals surface area (Å²) >= 11 is 0. The van der Waals surface area contributed by atoms with Gasteiger partial charge in [-0.1, -0.05) is 44.7 Å². The van der Waals surface area contributed by atoms with Gasteiger partial charge in [0.15, 0.2) is 18.2 Å². The van der Waals surface area contributed by atoms with Crippen molar-refractivity contribution in [3.8, 4) is 11.8 Å². The van der Waals surface area contributed by atoms with Crippen LogP contribution in [-0.2, 0) is 38.1 Å². The van der Waals surface area contributed by atoms with E-state index in [1.54, 1.807) is 19.3 Å². The number of hydrogen-bond donors (Lipinski definition) is 2. The molecule has 0 radical (unpaired) electrons. The Morgan fingerprint density at radius 3 is 2.54 bits per heavy atom. The average molecular weight is 780 g/mol. The molecule has 5 rings (SSSR count). The van der Waals surface area contributed by atoms with E-state index in [-0.39, 0.29) is 25.2 Å². The SMILES string of the molecule is CC[C@H]1OC(=O)[C@H](C)C(=O)[C@H](C)[C@@H](OC2O[C@H](C)C[C@H](N(C)C)C2O)[C@@](C)(OCC#Cc2cnc3cccnc3c2)C[C@@H](C)/C(=N\OC)[C@H](C)[C@H]2NC(=O)O[C@@H]21. The van der Waals surface area contributed by atoms with Crippen LogP contribution in [-0.4, -0.2) is 126 Å². The summed E-state index contributed by atoms with van der Waals surface area (Å²) < 4.78 is 31.4. The van der Waals surface area contributed by atoms with Crippen molar-refractivity contribution in [2.45, 2.75) is 122 Å². The molecule has 0 bridgehead atoms. The highest BCUT2D eigenvalue weighted by Crippen LogP contribution is 2.38. The van der Waals surface area contributed by atoms with Gasteiger partial charge in [-0.05, 0) is 72.3 Å². The highest BCUT2D eigenvalue weighted by atomic mass is 16.7. The minimum absolute atomic E-state index is 0.0915. The molecular weight excluding hydrogens is 722 g/mol. The fraction of sp³-hybridized carbons (Fsp3) is 0.659. The van der Waals surface area contributed by atoms with E-state index < -0.39 is 83.9 Å². The third kappa shape index (κ3) is 9.49. The molecule has 0 aromatic carbocycles. The Morgan fingerprint density at radius 1 is 1.09 bits per heavy atom. The van der Waals surface area contributed by atoms with Crippen molar-refractivity contribution in [3.05, 3.63) is 36.2 Å². The summed E-state index contributed by atoms with van der Waals surface area (Å²) in [7, 11) is 5.20. The van der Waals surface area contributed by atoms with Crippen molar-refractivity contribution in [2.75, 3.05) is 27.8 Å². The molecule has 0 saturated carbocycles. The van der Waals surface area contributed by atoms with E-state index in [9.17, 15) is 19.5 Å². The van der Waals surface area contributed by atoms with Gasteiger partial charge in [-0.3, -0.25) is 19.6 Å². The van der Waals surface area contributed by atoms with Crippen molar-refractivity contribution in [1.29, 1.82) is 0 Å². The van der Waals surface area contributed by atoms with Crippen LogP contribution >= 0.6 is 0 Å². The number of rotatable bonds is 7. The predicted molar refractivity (Wildman–Crippen MR) is 206 cm³/mol. The number of hydrogen-bond acceptors (Lipinski definition) is 14. The largest absolute Gasteiger partial charge is 0.458 e. The maximum atomic E-state index is 14.5. The predicted octanol–water partition coefficient (Wildman–Crippen LogP) is 3.89. The second kappa shape index (κ2) is 18.4. The second-order valence-electron chi connectivity index (χ2n) is 15.7. The van der Waals surface area contributed by atoms with Crippen molar-refractivity contribution >= 4 is 34.6 Å². The lowest BCUT2D eigenvalue weighted by molar-refractivity contribution is -0.296. The summed E-state index contributed by atoms with van der Waals surface area (Å²) in [5.74, 6) is 1.91. The molecule has 3 saturated heterocycles. The lowest BCUT2D eigenvalue weighted by atomic mass is 9.75. The molecule has 15 heteroatoms. The topological polar surface area (TPSA) is 180 Å². The van der Waals surface area contributed by atoms with Crippen molar-refractivity contribution in [3.63, 3.8) is 0 Å². The van der Waals surface area contributed by atoms with E-state index >= 15 is 0 Å². The van der Waals surface area contributed by atoms with Crippen LogP contribution in [0.2, 0.25) is 0 Å². The van der Waals surface area contributed by atoms with Gasteiger partial charge in [0.05, 0.1) is 40.6 Å². The molecule has 13 atom stereocenters. The molecule has 3 fully saturated rings. The van der Waals surface area contributed by atoms with Crippen molar-refractivity contribution in [2.24, 2.45) is 28.8 Å². The zero-order valence-corrected chi connectivity index (χ0v) is 34.1. The number of esters is 1. The first-order valence-electron chi connectivity index (χ1n) is 19.4. The first-order valence-corrected chi connectivity index (χ1v) is 19.4. The Bertz CT molecular complexity index is 1810. The van der Waals surface area contributed by atoms with E-state index in [1.807, 2.05) is 71.8 Å². The van der Waals surface area contributed by atoms with Gasteiger partial charge in [-0.15, -0.1) is 0 Å². The number of ether oxygens (including phenoxy) is 5. The molecule has 2 N–H and O–H groups in total. The maximum Gasteiger partial charge on any atom is 0.407 e. The fourth-order valence-corrected chi connectivity index (χ4v) is 8.29. The van der Waals surface area contributed by atoms with Gasteiger partial charge >= 0.3 is 12.1 Å². The molecule has 2 aromatic rings. The Hall–Kier alpha value is -4.20. The Labute approximate surface area is 329 Å². The molecular formula is C41H57N5O10. The minimum Gasteiger partial charge on any atom is -0.458 e. The molecule has 1 amide bonds. The molecule has 306 valence electrons. The van der Waals surface area contributed by atoms with E-state index in [2.05, 4.69) is 32.3 Å². The Kier molecular flexibility index (Phi) is 14.1. The number of cyclic esters (lactones) is 1. The van der Waals surface area contributed by atoms with E-state index in [1.165, 1.54) is 14.0 Å². The summed E-state index contributed by atoms with van der Waals surface area (Å²) in [6.07, 6.45) is -1.48. The molecule has 56 heavy (non-hydrogen) atoms. The number of nitrogens with one attached hydrogen (secondary N) is 1. The van der Waals surface area contributed by atoms with Crippen LogP contribution < -0.4 is 5.32 Å². The second-order valence-corrected chi connectivity index (χ2v) is 15.7. The normalized spacial score (nSPS) is 36.5. The van der Waals surface area contributed by atoms with Gasteiger partial charge in [0.25, 0.3) is 0 Å². The number of aromatic nitrogens is 2. The highest BCUT2D eigenvalue weighted by Gasteiger charge is 2.52. The van der Waals surface area contributed by atoms with Crippen LogP contribution in [0.3, 0.4) is 0 Å². The smallest absolute Gasteiger partial charge is 0.407 e. The van der Waals surface area contributed by atoms with Crippen LogP contribution in [0.15, 0.2) is 35.7 Å². The van der Waals surface area contributed by atoms with Crippen LogP contribution in [0, 0.1) is 35.5 Å². The molecule has 3 aliphatic heterocycles. The van der Waals surface area contributed by atoms with Gasteiger partial charge in [0, 0.05) is 41.8 Å². The zero-order chi connectivity index (χ0) is 40.9. The molecule has 2 aromatic heterocycles. The molecule has 0 aliphatic carbocycles. The van der Waals surface area contributed by atoms with E-state index in [4.69, 9.17) is 28.5 Å². The molecule has 15 nitrogen and oxygen atoms in total. The van der Waals surface area contributed by atoms with Gasteiger partial charge in [-0.2, -0.15) is 0 Å². The molecule has 5 heterocycles. The van der Waals surface area contributed by atoms with E-state index in [0.717, 1.165) is 5.52 Å². The third-order valence-electron chi connectivity index (χ3n) is 11.3. The Balaban J connectivity index is 1.59. The summed E-state index contributed by atoms with van der Waals surface area (Å²) in [6, 6.07) is 4.58. The number of carbonyl (C=O) groups is 3. The van der Waals surface area contributed by atoms with Crippen LogP contribution in [0.5, 0.6) is 0 Å². The number of aliphatic hydroxyl groups excluding tert-OH is 1. The van der Waals surface area contributed by atoms with E-state index in [0.29, 0.717) is 29.6 Å². The number of carbonyl (C=O) groups excluding carboxylic acids is 3. The first-order chi connectivity index (χ1) is 26.6. The number of ketones is 1. The van der Waals surface area contributed by atoms with Crippen LogP contribution in [0.4, 0.5) is 4.79 Å². The Morgan fingerprint density at radius 2 is 1.84 bits per heavy atom. The highest BCUT2D eigenvalue weighted by molar-refractivity contribution is 6.00. The van der Waals surface area contributed by atoms with Crippen molar-refractivity contribution < 1.29 is 48.0 Å². The number of Topliss-reactive ketones (excluding diaryl/α,β-unsaturated/α-hetero) is 1. The molecule has 0 spiro atoms. The van der Waals surface area contributed by atoms with Gasteiger partial charge in [-0.25, -0.2) is 4.79 Å². The molecule has 3 aliphatic rings. The third-order valence-corrected chi connectivity index (χ3v) is 11.3. The first kappa shape index (κ1) is 42.9. The number of aliphatic hydroxyl groups is 1. The lowest BCUT2D eigenvalue weighted by Crippen LogP contribution is -2.59. The van der Waals surface area contributed by atoms with Gasteiger partial charge in [0.2, 0.25) is 0 Å². The average Bonchev–Trinajstić information content (AvgIpc) is 3.56. The number of pyridine rings is 2. The standard InChI is InChI=1S/C41H57N5O10/c1-11-31-36-33(44-40(50)55-36)24(4)32(45-51-10)22(2)20-41(7,52-17-13-14-27-19-29-28(43-21-27)15-12-16-42-29)37(25(5)34(47)26(6)38(49)54-31)56-39-35(48)30(46(8)9)18-23(3)53-39/h12,15-16,19,21-26,30-31,33,35-37,39,48H,11,17-18,20H2,1-10H3,(H,44,50)/b45-32+/t22-,23-,24+,25+,26-,30+,31-,33-,35?,36-,37-,39?,41+/m1/s1. The number of alkyl carbamates (subject to hydrolysis) is 1. The summed E-state index contributed by atoms with van der Waals surface area (Å²) in [5, 5.41) is 19.0. The number of likely N-dealkylation sites (N-methyl/N-ethyl adjacent to an activating group) is 1. The summed E-state index contributed by atoms with van der Waals surface area (Å²) in [4.78, 5) is 57.1. The number of nitrogens with zero attached hydrogens (tertiary/aromatic N) is 4. The quantitative estimate of drug-likeness (QED) is 0.179. The fourth-order valence-electron chi connectivity index (χ4n) is 8.29. The maximum absolute atomic E-state index is 14.5. The monoisotopic (exact) mass is 779 g/mol. The minimum atomic E-state index is -1.33. The number of oxime groups is 1. The lowest BCUT2D eigenvalue weighted by Gasteiger charge is -2.47. The summed E-state index contributed by atoms with van der Waals surface area (Å²) in [5.41, 5.74) is 1.33. The van der Waals surface area contributed by atoms with Crippen molar-refractivity contribution in [1.82, 2.24) is 20.2 Å². The summed E-state index contributed by atoms with van der Waals surface area (Å²) in [6.45, 7) is 12.5. The van der Waals surface area contributed by atoms with Crippen LogP contribution in [0.25, 0.3) is 11.0 Å².